The van der Waals surface area contributed by atoms with Crippen LogP contribution < -0.4 is 4.74 Å². The Labute approximate surface area is 108 Å². The first-order chi connectivity index (χ1) is 8.15. The second kappa shape index (κ2) is 5.11. The minimum atomic E-state index is -0.453. The number of carbonyl (C=O) groups is 1. The van der Waals surface area contributed by atoms with E-state index in [2.05, 4.69) is 22.6 Å². The molecule has 0 amide bonds. The zero-order valence-corrected chi connectivity index (χ0v) is 10.3. The van der Waals surface area contributed by atoms with Gasteiger partial charge in [-0.05, 0) is 36.5 Å². The lowest BCUT2D eigenvalue weighted by atomic mass is 10.2. The van der Waals surface area contributed by atoms with Crippen LogP contribution in [0.15, 0.2) is 41.6 Å². The molecule has 1 N–H and O–H groups in total. The number of ether oxygens (including phenoxy) is 1. The van der Waals surface area contributed by atoms with Gasteiger partial charge in [0, 0.05) is 11.1 Å². The van der Waals surface area contributed by atoms with Gasteiger partial charge in [-0.25, -0.2) is 9.78 Å². The number of carbonyl (C=O) groups excluding carboxylic acids is 1. The highest BCUT2D eigenvalue weighted by Crippen LogP contribution is 2.12. The van der Waals surface area contributed by atoms with E-state index in [4.69, 9.17) is 17.0 Å². The molecule has 0 spiro atoms. The lowest BCUT2D eigenvalue weighted by molar-refractivity contribution is 0.0733. The molecule has 2 rings (SSSR count). The fourth-order valence-electron chi connectivity index (χ4n) is 1.15. The molecule has 4 nitrogen and oxygen atoms in total. The predicted octanol–water partition coefficient (Wildman–Crippen LogP) is 2.65. The molecule has 1 aromatic carbocycles. The fourth-order valence-corrected chi connectivity index (χ4v) is 1.41. The Kier molecular flexibility index (Phi) is 3.55. The van der Waals surface area contributed by atoms with Gasteiger partial charge in [0.25, 0.3) is 0 Å². The van der Waals surface area contributed by atoms with Gasteiger partial charge in [0.15, 0.2) is 10.5 Å². The number of aromatic amines is 1. The van der Waals surface area contributed by atoms with Crippen molar-refractivity contribution in [2.75, 3.05) is 0 Å². The molecule has 0 saturated heterocycles. The fraction of sp³-hybridized carbons (Fsp3) is 0. The molecule has 0 aliphatic rings. The molecule has 0 saturated carbocycles. The van der Waals surface area contributed by atoms with Crippen LogP contribution in [0.3, 0.4) is 0 Å². The maximum Gasteiger partial charge on any atom is 0.343 e. The third-order valence-corrected chi connectivity index (χ3v) is 2.48. The summed E-state index contributed by atoms with van der Waals surface area (Å²) >= 11 is 8.91. The Morgan fingerprint density at radius 2 is 2.06 bits per heavy atom. The smallest absolute Gasteiger partial charge is 0.343 e. The van der Waals surface area contributed by atoms with Crippen molar-refractivity contribution in [3.8, 4) is 5.75 Å². The molecule has 0 atom stereocenters. The quantitative estimate of drug-likeness (QED) is 0.497. The summed E-state index contributed by atoms with van der Waals surface area (Å²) in [4.78, 5) is 19.0. The highest BCUT2D eigenvalue weighted by molar-refractivity contribution is 7.80. The molecule has 0 radical (unpaired) electrons. The molecule has 86 valence electrons. The summed E-state index contributed by atoms with van der Waals surface area (Å²) in [6.45, 7) is 0. The van der Waals surface area contributed by atoms with E-state index < -0.39 is 5.97 Å². The standard InChI is InChI=1S/C11H8N2O2S2/c14-10(7-1-3-9(16)4-2-7)15-8-5-12-11(17)13-6-8/h1-6,16H,(H,12,13,17). The molecule has 6 heteroatoms. The van der Waals surface area contributed by atoms with Crippen molar-refractivity contribution in [2.45, 2.75) is 4.90 Å². The third-order valence-electron chi connectivity index (χ3n) is 1.96. The van der Waals surface area contributed by atoms with E-state index in [-0.39, 0.29) is 0 Å². The Balaban J connectivity index is 2.14. The Morgan fingerprint density at radius 3 is 2.65 bits per heavy atom. The van der Waals surface area contributed by atoms with Crippen molar-refractivity contribution < 1.29 is 9.53 Å². The van der Waals surface area contributed by atoms with Crippen LogP contribution in [0.5, 0.6) is 5.75 Å². The number of nitrogens with one attached hydrogen (secondary N) is 1. The summed E-state index contributed by atoms with van der Waals surface area (Å²) < 4.78 is 5.43. The van der Waals surface area contributed by atoms with Crippen LogP contribution in [0.25, 0.3) is 0 Å². The third kappa shape index (κ3) is 3.15. The maximum atomic E-state index is 11.7. The summed E-state index contributed by atoms with van der Waals surface area (Å²) in [5.41, 5.74) is 0.449. The molecular weight excluding hydrogens is 256 g/mol. The number of benzene rings is 1. The highest BCUT2D eigenvalue weighted by Gasteiger charge is 2.07. The first-order valence-electron chi connectivity index (χ1n) is 4.71. The van der Waals surface area contributed by atoms with Gasteiger partial charge in [-0.2, -0.15) is 0 Å². The zero-order valence-electron chi connectivity index (χ0n) is 8.58. The Hall–Kier alpha value is -1.66. The van der Waals surface area contributed by atoms with Crippen molar-refractivity contribution in [1.29, 1.82) is 0 Å². The lowest BCUT2D eigenvalue weighted by Crippen LogP contribution is -2.08. The largest absolute Gasteiger partial charge is 0.420 e. The van der Waals surface area contributed by atoms with E-state index in [1.165, 1.54) is 12.4 Å². The molecule has 1 heterocycles. The van der Waals surface area contributed by atoms with E-state index >= 15 is 0 Å². The number of aromatic nitrogens is 2. The first kappa shape index (κ1) is 11.8. The molecular formula is C11H8N2O2S2. The number of nitrogens with zero attached hydrogens (tertiary/aromatic N) is 1. The maximum absolute atomic E-state index is 11.7. The van der Waals surface area contributed by atoms with Crippen LogP contribution in [0.2, 0.25) is 0 Å². The number of hydrogen-bond acceptors (Lipinski definition) is 5. The summed E-state index contributed by atoms with van der Waals surface area (Å²) in [6.07, 6.45) is 2.88. The average Bonchev–Trinajstić information content (AvgIpc) is 2.33. The summed E-state index contributed by atoms with van der Waals surface area (Å²) in [7, 11) is 0. The number of hydrogen-bond donors (Lipinski definition) is 2. The Bertz CT molecular complexity index is 573. The van der Waals surface area contributed by atoms with Crippen molar-refractivity contribution in [3.05, 3.63) is 47.0 Å². The van der Waals surface area contributed by atoms with Crippen LogP contribution in [-0.2, 0) is 0 Å². The van der Waals surface area contributed by atoms with Crippen LogP contribution in [-0.4, -0.2) is 15.9 Å². The van der Waals surface area contributed by atoms with Crippen LogP contribution in [0, 0.1) is 4.77 Å². The average molecular weight is 264 g/mol. The van der Waals surface area contributed by atoms with Crippen molar-refractivity contribution >= 4 is 30.8 Å². The monoisotopic (exact) mass is 264 g/mol. The first-order valence-corrected chi connectivity index (χ1v) is 5.56. The van der Waals surface area contributed by atoms with Crippen molar-refractivity contribution in [2.24, 2.45) is 0 Å². The lowest BCUT2D eigenvalue weighted by Gasteiger charge is -2.03. The minimum absolute atomic E-state index is 0.318. The molecule has 0 unspecified atom stereocenters. The zero-order chi connectivity index (χ0) is 12.3. The van der Waals surface area contributed by atoms with Gasteiger partial charge in [0.2, 0.25) is 0 Å². The van der Waals surface area contributed by atoms with E-state index in [9.17, 15) is 4.79 Å². The van der Waals surface area contributed by atoms with E-state index in [1.54, 1.807) is 24.3 Å². The van der Waals surface area contributed by atoms with Gasteiger partial charge < -0.3 is 9.72 Å². The number of esters is 1. The molecule has 1 aromatic heterocycles. The topological polar surface area (TPSA) is 55.0 Å². The molecule has 0 bridgehead atoms. The minimum Gasteiger partial charge on any atom is -0.420 e. The predicted molar refractivity (Wildman–Crippen MR) is 68.1 cm³/mol. The summed E-state index contributed by atoms with van der Waals surface area (Å²) in [6, 6.07) is 6.72. The van der Waals surface area contributed by atoms with Gasteiger partial charge in [0.1, 0.15) is 0 Å². The number of thiol groups is 1. The van der Waals surface area contributed by atoms with Crippen molar-refractivity contribution in [3.63, 3.8) is 0 Å². The van der Waals surface area contributed by atoms with Crippen molar-refractivity contribution in [1.82, 2.24) is 9.97 Å². The summed E-state index contributed by atoms with van der Waals surface area (Å²) in [5.74, 6) is -0.135. The second-order valence-electron chi connectivity index (χ2n) is 3.19. The van der Waals surface area contributed by atoms with Gasteiger partial charge in [-0.1, -0.05) is 0 Å². The van der Waals surface area contributed by atoms with Gasteiger partial charge in [-0.15, -0.1) is 12.6 Å². The Morgan fingerprint density at radius 1 is 1.35 bits per heavy atom. The van der Waals surface area contributed by atoms with Gasteiger partial charge in [0.05, 0.1) is 11.8 Å². The highest BCUT2D eigenvalue weighted by atomic mass is 32.1. The van der Waals surface area contributed by atoms with Crippen LogP contribution in [0.4, 0.5) is 0 Å². The van der Waals surface area contributed by atoms with Crippen LogP contribution in [0.1, 0.15) is 10.4 Å². The van der Waals surface area contributed by atoms with Crippen LogP contribution >= 0.6 is 24.8 Å². The normalized spacial score (nSPS) is 9.94. The van der Waals surface area contributed by atoms with Gasteiger partial charge >= 0.3 is 5.97 Å². The number of H-pyrrole nitrogens is 1. The summed E-state index contributed by atoms with van der Waals surface area (Å²) in [5, 5.41) is 0. The second-order valence-corrected chi connectivity index (χ2v) is 4.09. The molecule has 0 aliphatic heterocycles. The SMILES string of the molecule is O=C(Oc1cnc(=S)[nH]c1)c1ccc(S)cc1. The van der Waals surface area contributed by atoms with E-state index in [0.29, 0.717) is 16.1 Å². The molecule has 0 aliphatic carbocycles. The molecule has 17 heavy (non-hydrogen) atoms. The van der Waals surface area contributed by atoms with E-state index in [1.807, 2.05) is 0 Å². The molecule has 0 fully saturated rings. The molecule has 2 aromatic rings. The van der Waals surface area contributed by atoms with Gasteiger partial charge in [-0.3, -0.25) is 0 Å². The number of rotatable bonds is 2. The van der Waals surface area contributed by atoms with E-state index in [0.717, 1.165) is 4.90 Å².